The second kappa shape index (κ2) is 13.8. The van der Waals surface area contributed by atoms with Crippen molar-refractivity contribution in [1.82, 2.24) is 0 Å². The van der Waals surface area contributed by atoms with Gasteiger partial charge in [-0.15, -0.1) is 0 Å². The standard InChI is InChI=1S/C17H34N2.C15H30N2/c1-10-5-14(6-11(2)16(10)18)9-15-7-12(3)17(19)13(4)8-15;1-10-7-12(3-5-14(10)16)9-13-4-6-15(17)11(2)8-13/h10-17H,5-9,18-19H2,1-4H3;10-15H,3-9,16-17H2,1-2H3. The predicted octanol–water partition coefficient (Wildman–Crippen LogP) is 6.30. The smallest absolute Gasteiger partial charge is 0.00905 e. The minimum atomic E-state index is 0.425. The van der Waals surface area contributed by atoms with E-state index >= 15 is 0 Å². The monoisotopic (exact) mass is 505 g/mol. The molecular formula is C32H64N4. The van der Waals surface area contributed by atoms with Crippen LogP contribution in [0, 0.1) is 59.2 Å². The Morgan fingerprint density at radius 2 is 0.667 bits per heavy atom. The van der Waals surface area contributed by atoms with E-state index in [4.69, 9.17) is 22.9 Å². The lowest BCUT2D eigenvalue weighted by Gasteiger charge is -2.42. The van der Waals surface area contributed by atoms with E-state index < -0.39 is 0 Å². The molecule has 4 nitrogen and oxygen atoms in total. The van der Waals surface area contributed by atoms with Crippen molar-refractivity contribution in [2.45, 2.75) is 143 Å². The SMILES string of the molecule is CC1CC(CC2CC(C)C(N)C(C)C2)CC(C)C1N.CC1CC(CC2CCC(N)C(C)C2)CCC1N. The molecule has 0 spiro atoms. The normalized spacial score (nSPS) is 50.2. The highest BCUT2D eigenvalue weighted by molar-refractivity contribution is 4.90. The van der Waals surface area contributed by atoms with E-state index in [1.807, 2.05) is 0 Å². The van der Waals surface area contributed by atoms with E-state index in [1.54, 1.807) is 0 Å². The third-order valence-electron chi connectivity index (χ3n) is 11.5. The topological polar surface area (TPSA) is 104 Å². The lowest BCUT2D eigenvalue weighted by molar-refractivity contribution is 0.118. The van der Waals surface area contributed by atoms with E-state index in [-0.39, 0.29) is 0 Å². The molecule has 4 rings (SSSR count). The van der Waals surface area contributed by atoms with Gasteiger partial charge in [0.05, 0.1) is 0 Å². The molecule has 212 valence electrons. The highest BCUT2D eigenvalue weighted by atomic mass is 14.7. The Kier molecular flexibility index (Phi) is 11.6. The third kappa shape index (κ3) is 8.42. The zero-order chi connectivity index (χ0) is 26.6. The Hall–Kier alpha value is -0.160. The van der Waals surface area contributed by atoms with Gasteiger partial charge in [-0.05, 0) is 136 Å². The molecule has 4 aliphatic carbocycles. The molecule has 0 heterocycles. The summed E-state index contributed by atoms with van der Waals surface area (Å²) in [6.45, 7) is 14.0. The Morgan fingerprint density at radius 1 is 0.389 bits per heavy atom. The van der Waals surface area contributed by atoms with Crippen LogP contribution in [0.15, 0.2) is 0 Å². The van der Waals surface area contributed by atoms with E-state index in [0.29, 0.717) is 47.8 Å². The zero-order valence-corrected chi connectivity index (χ0v) is 24.9. The first-order valence-corrected chi connectivity index (χ1v) is 16.0. The van der Waals surface area contributed by atoms with Gasteiger partial charge in [0.15, 0.2) is 0 Å². The van der Waals surface area contributed by atoms with Gasteiger partial charge in [0.1, 0.15) is 0 Å². The second-order valence-corrected chi connectivity index (χ2v) is 14.9. The molecule has 36 heavy (non-hydrogen) atoms. The molecule has 0 bridgehead atoms. The minimum absolute atomic E-state index is 0.425. The van der Waals surface area contributed by atoms with E-state index in [1.165, 1.54) is 77.0 Å². The molecule has 4 saturated carbocycles. The van der Waals surface area contributed by atoms with Crippen molar-refractivity contribution in [3.8, 4) is 0 Å². The van der Waals surface area contributed by atoms with Crippen LogP contribution in [-0.4, -0.2) is 24.2 Å². The molecule has 4 fully saturated rings. The van der Waals surface area contributed by atoms with Crippen LogP contribution in [0.2, 0.25) is 0 Å². The first kappa shape index (κ1) is 30.4. The fourth-order valence-corrected chi connectivity index (χ4v) is 8.86. The second-order valence-electron chi connectivity index (χ2n) is 14.9. The molecular weight excluding hydrogens is 440 g/mol. The van der Waals surface area contributed by atoms with Gasteiger partial charge in [0.25, 0.3) is 0 Å². The van der Waals surface area contributed by atoms with Crippen molar-refractivity contribution in [3.05, 3.63) is 0 Å². The average Bonchev–Trinajstić information content (AvgIpc) is 2.81. The lowest BCUT2D eigenvalue weighted by Crippen LogP contribution is -2.43. The van der Waals surface area contributed by atoms with E-state index in [2.05, 4.69) is 41.5 Å². The van der Waals surface area contributed by atoms with Gasteiger partial charge in [0, 0.05) is 24.2 Å². The van der Waals surface area contributed by atoms with Gasteiger partial charge in [-0.25, -0.2) is 0 Å². The number of hydrogen-bond donors (Lipinski definition) is 4. The molecule has 0 aromatic carbocycles. The van der Waals surface area contributed by atoms with Gasteiger partial charge < -0.3 is 22.9 Å². The molecule has 0 radical (unpaired) electrons. The highest BCUT2D eigenvalue weighted by Gasteiger charge is 2.35. The van der Waals surface area contributed by atoms with Crippen LogP contribution in [0.1, 0.15) is 119 Å². The van der Waals surface area contributed by atoms with Crippen LogP contribution < -0.4 is 22.9 Å². The first-order chi connectivity index (χ1) is 16.9. The van der Waals surface area contributed by atoms with Crippen LogP contribution in [0.5, 0.6) is 0 Å². The fraction of sp³-hybridized carbons (Fsp3) is 1.00. The summed E-state index contributed by atoms with van der Waals surface area (Å²) in [6.07, 6.45) is 16.2. The van der Waals surface area contributed by atoms with Crippen molar-refractivity contribution < 1.29 is 0 Å². The van der Waals surface area contributed by atoms with Crippen LogP contribution in [0.4, 0.5) is 0 Å². The zero-order valence-electron chi connectivity index (χ0n) is 24.9. The number of hydrogen-bond acceptors (Lipinski definition) is 4. The minimum Gasteiger partial charge on any atom is -0.327 e. The quantitative estimate of drug-likeness (QED) is 0.360. The summed E-state index contributed by atoms with van der Waals surface area (Å²) in [5.74, 6) is 7.97. The van der Waals surface area contributed by atoms with Crippen molar-refractivity contribution in [2.75, 3.05) is 0 Å². The first-order valence-electron chi connectivity index (χ1n) is 16.0. The third-order valence-corrected chi connectivity index (χ3v) is 11.5. The van der Waals surface area contributed by atoms with Gasteiger partial charge in [-0.1, -0.05) is 41.5 Å². The Morgan fingerprint density at radius 3 is 0.972 bits per heavy atom. The highest BCUT2D eigenvalue weighted by Crippen LogP contribution is 2.41. The lowest BCUT2D eigenvalue weighted by atomic mass is 9.66. The molecule has 4 aliphatic rings. The Bertz CT molecular complexity index is 564. The summed E-state index contributed by atoms with van der Waals surface area (Å²) in [6, 6.07) is 1.78. The molecule has 0 aliphatic heterocycles. The molecule has 10 unspecified atom stereocenters. The summed E-state index contributed by atoms with van der Waals surface area (Å²) in [5, 5.41) is 0. The fourth-order valence-electron chi connectivity index (χ4n) is 8.86. The summed E-state index contributed by atoms with van der Waals surface area (Å²) >= 11 is 0. The van der Waals surface area contributed by atoms with Crippen LogP contribution >= 0.6 is 0 Å². The van der Waals surface area contributed by atoms with Gasteiger partial charge in [0.2, 0.25) is 0 Å². The maximum atomic E-state index is 6.26. The maximum absolute atomic E-state index is 6.26. The van der Waals surface area contributed by atoms with Crippen molar-refractivity contribution in [1.29, 1.82) is 0 Å². The molecule has 0 aromatic heterocycles. The van der Waals surface area contributed by atoms with E-state index in [9.17, 15) is 0 Å². The summed E-state index contributed by atoms with van der Waals surface area (Å²) in [5.41, 5.74) is 24.7. The van der Waals surface area contributed by atoms with Crippen LogP contribution in [-0.2, 0) is 0 Å². The number of rotatable bonds is 4. The van der Waals surface area contributed by atoms with Crippen molar-refractivity contribution >= 4 is 0 Å². The van der Waals surface area contributed by atoms with Crippen molar-refractivity contribution in [3.63, 3.8) is 0 Å². The van der Waals surface area contributed by atoms with Gasteiger partial charge >= 0.3 is 0 Å². The van der Waals surface area contributed by atoms with Crippen molar-refractivity contribution in [2.24, 2.45) is 82.1 Å². The Labute approximate surface area is 224 Å². The Balaban J connectivity index is 0.000000202. The molecule has 8 N–H and O–H groups in total. The molecule has 4 heteroatoms. The van der Waals surface area contributed by atoms with Crippen LogP contribution in [0.25, 0.3) is 0 Å². The summed E-state index contributed by atoms with van der Waals surface area (Å²) in [4.78, 5) is 0. The van der Waals surface area contributed by atoms with Gasteiger partial charge in [-0.3, -0.25) is 0 Å². The summed E-state index contributed by atoms with van der Waals surface area (Å²) in [7, 11) is 0. The predicted molar refractivity (Wildman–Crippen MR) is 156 cm³/mol. The molecule has 0 saturated heterocycles. The molecule has 0 amide bonds. The van der Waals surface area contributed by atoms with E-state index in [0.717, 1.165) is 35.5 Å². The van der Waals surface area contributed by atoms with Gasteiger partial charge in [-0.2, -0.15) is 0 Å². The van der Waals surface area contributed by atoms with Crippen LogP contribution in [0.3, 0.4) is 0 Å². The largest absolute Gasteiger partial charge is 0.327 e. The molecule has 0 aromatic rings. The average molecular weight is 505 g/mol. The molecule has 10 atom stereocenters. The maximum Gasteiger partial charge on any atom is 0.00905 e. The summed E-state index contributed by atoms with van der Waals surface area (Å²) < 4.78 is 0. The number of nitrogens with two attached hydrogens (primary N) is 4.